The summed E-state index contributed by atoms with van der Waals surface area (Å²) < 4.78 is 5.47. The molecule has 2 N–H and O–H groups in total. The fraction of sp³-hybridized carbons (Fsp3) is 0.632. The van der Waals surface area contributed by atoms with Crippen LogP contribution < -0.4 is 15.4 Å². The van der Waals surface area contributed by atoms with Gasteiger partial charge in [-0.3, -0.25) is 9.78 Å². The third kappa shape index (κ3) is 4.86. The minimum absolute atomic E-state index is 0.211. The fourth-order valence-corrected chi connectivity index (χ4v) is 3.23. The van der Waals surface area contributed by atoms with Gasteiger partial charge in [-0.25, -0.2) is 4.99 Å². The molecule has 144 valence electrons. The second kappa shape index (κ2) is 9.40. The van der Waals surface area contributed by atoms with E-state index in [0.717, 1.165) is 54.6 Å². The lowest BCUT2D eigenvalue weighted by molar-refractivity contribution is -0.129. The molecular weight excluding hydrogens is 330 g/mol. The van der Waals surface area contributed by atoms with Crippen molar-refractivity contribution in [1.82, 2.24) is 20.5 Å². The van der Waals surface area contributed by atoms with E-state index in [-0.39, 0.29) is 11.9 Å². The summed E-state index contributed by atoms with van der Waals surface area (Å²) in [5.74, 6) is 1.83. The van der Waals surface area contributed by atoms with Crippen LogP contribution in [-0.4, -0.2) is 54.5 Å². The van der Waals surface area contributed by atoms with Gasteiger partial charge in [0.05, 0.1) is 19.3 Å². The molecular formula is C19H31N5O2. The lowest BCUT2D eigenvalue weighted by Gasteiger charge is -2.19. The number of rotatable bonds is 6. The second-order valence-electron chi connectivity index (χ2n) is 6.56. The van der Waals surface area contributed by atoms with E-state index in [2.05, 4.69) is 20.6 Å². The first-order chi connectivity index (χ1) is 12.5. The van der Waals surface area contributed by atoms with Crippen molar-refractivity contribution in [3.05, 3.63) is 23.0 Å². The van der Waals surface area contributed by atoms with Crippen LogP contribution in [0.3, 0.4) is 0 Å². The van der Waals surface area contributed by atoms with Crippen LogP contribution in [0, 0.1) is 13.8 Å². The first kappa shape index (κ1) is 20.0. The zero-order valence-electron chi connectivity index (χ0n) is 16.6. The number of pyridine rings is 1. The number of carbonyl (C=O) groups excluding carboxylic acids is 1. The van der Waals surface area contributed by atoms with Crippen LogP contribution in [0.2, 0.25) is 0 Å². The van der Waals surface area contributed by atoms with Crippen LogP contribution >= 0.6 is 0 Å². The van der Waals surface area contributed by atoms with Crippen molar-refractivity contribution in [3.8, 4) is 5.75 Å². The molecule has 26 heavy (non-hydrogen) atoms. The maximum absolute atomic E-state index is 11.8. The summed E-state index contributed by atoms with van der Waals surface area (Å²) in [6.07, 6.45) is 3.31. The molecule has 0 saturated carbocycles. The van der Waals surface area contributed by atoms with Crippen LogP contribution in [0.5, 0.6) is 5.75 Å². The van der Waals surface area contributed by atoms with Crippen LogP contribution in [0.1, 0.15) is 43.5 Å². The van der Waals surface area contributed by atoms with Crippen LogP contribution in [-0.2, 0) is 11.3 Å². The predicted molar refractivity (Wildman–Crippen MR) is 103 cm³/mol. The molecule has 7 nitrogen and oxygen atoms in total. The Morgan fingerprint density at radius 1 is 1.42 bits per heavy atom. The maximum Gasteiger partial charge on any atom is 0.222 e. The third-order valence-corrected chi connectivity index (χ3v) is 4.67. The zero-order chi connectivity index (χ0) is 19.1. The van der Waals surface area contributed by atoms with Gasteiger partial charge in [0.2, 0.25) is 5.91 Å². The van der Waals surface area contributed by atoms with Crippen molar-refractivity contribution in [2.45, 2.75) is 53.1 Å². The fourth-order valence-electron chi connectivity index (χ4n) is 3.23. The van der Waals surface area contributed by atoms with Crippen molar-refractivity contribution in [3.63, 3.8) is 0 Å². The summed E-state index contributed by atoms with van der Waals surface area (Å²) in [6, 6.07) is 0.227. The Balaban J connectivity index is 2.05. The van der Waals surface area contributed by atoms with Gasteiger partial charge in [0.1, 0.15) is 5.75 Å². The van der Waals surface area contributed by atoms with E-state index < -0.39 is 0 Å². The molecule has 1 unspecified atom stereocenters. The second-order valence-corrected chi connectivity index (χ2v) is 6.56. The standard InChI is InChI=1S/C19H31N5O2/c1-6-17(25)24-9-8-15(12-24)23-19(20-7-2)22-11-16-14(4)18(26-5)13(3)10-21-16/h10,15H,6-9,11-12H2,1-5H3,(H2,20,22,23). The van der Waals surface area contributed by atoms with E-state index in [4.69, 9.17) is 4.74 Å². The van der Waals surface area contributed by atoms with E-state index in [1.54, 1.807) is 7.11 Å². The summed E-state index contributed by atoms with van der Waals surface area (Å²) in [4.78, 5) is 22.9. The minimum atomic E-state index is 0.211. The Labute approximate surface area is 156 Å². The normalized spacial score (nSPS) is 17.3. The molecule has 1 aromatic rings. The highest BCUT2D eigenvalue weighted by Crippen LogP contribution is 2.24. The first-order valence-corrected chi connectivity index (χ1v) is 9.31. The van der Waals surface area contributed by atoms with Gasteiger partial charge in [-0.05, 0) is 27.2 Å². The molecule has 1 aliphatic heterocycles. The molecule has 1 saturated heterocycles. The summed E-state index contributed by atoms with van der Waals surface area (Å²) in [7, 11) is 1.68. The maximum atomic E-state index is 11.8. The van der Waals surface area contributed by atoms with E-state index in [9.17, 15) is 4.79 Å². The number of amides is 1. The molecule has 1 atom stereocenters. The average Bonchev–Trinajstić information content (AvgIpc) is 3.09. The van der Waals surface area contributed by atoms with Crippen molar-refractivity contribution < 1.29 is 9.53 Å². The molecule has 0 bridgehead atoms. The quantitative estimate of drug-likeness (QED) is 0.596. The van der Waals surface area contributed by atoms with E-state index in [1.165, 1.54) is 0 Å². The van der Waals surface area contributed by atoms with Gasteiger partial charge < -0.3 is 20.3 Å². The number of guanidine groups is 1. The van der Waals surface area contributed by atoms with Crippen molar-refractivity contribution >= 4 is 11.9 Å². The average molecular weight is 361 g/mol. The van der Waals surface area contributed by atoms with Gasteiger partial charge in [-0.15, -0.1) is 0 Å². The minimum Gasteiger partial charge on any atom is -0.496 e. The molecule has 0 aliphatic carbocycles. The molecule has 0 aromatic carbocycles. The van der Waals surface area contributed by atoms with E-state index in [0.29, 0.717) is 13.0 Å². The number of aliphatic imine (C=N–C) groups is 1. The van der Waals surface area contributed by atoms with Gasteiger partial charge >= 0.3 is 0 Å². The number of aromatic nitrogens is 1. The highest BCUT2D eigenvalue weighted by atomic mass is 16.5. The highest BCUT2D eigenvalue weighted by molar-refractivity contribution is 5.80. The number of hydrogen-bond donors (Lipinski definition) is 2. The molecule has 0 spiro atoms. The number of likely N-dealkylation sites (tertiary alicyclic amines) is 1. The summed E-state index contributed by atoms with van der Waals surface area (Å²) in [5, 5.41) is 6.72. The SMILES string of the molecule is CCNC(=NCc1ncc(C)c(OC)c1C)NC1CCN(C(=O)CC)C1. The first-order valence-electron chi connectivity index (χ1n) is 9.31. The molecule has 7 heteroatoms. The number of aryl methyl sites for hydroxylation is 1. The molecule has 2 heterocycles. The van der Waals surface area contributed by atoms with E-state index >= 15 is 0 Å². The van der Waals surface area contributed by atoms with E-state index in [1.807, 2.05) is 38.8 Å². The van der Waals surface area contributed by atoms with Crippen molar-refractivity contribution in [2.75, 3.05) is 26.7 Å². The number of methoxy groups -OCH3 is 1. The number of hydrogen-bond acceptors (Lipinski definition) is 4. The van der Waals surface area contributed by atoms with Crippen LogP contribution in [0.15, 0.2) is 11.2 Å². The Kier molecular flexibility index (Phi) is 7.24. The lowest BCUT2D eigenvalue weighted by Crippen LogP contribution is -2.45. The van der Waals surface area contributed by atoms with Gasteiger partial charge in [0, 0.05) is 49.4 Å². The summed E-state index contributed by atoms with van der Waals surface area (Å²) >= 11 is 0. The van der Waals surface area contributed by atoms with Crippen molar-refractivity contribution in [2.24, 2.45) is 4.99 Å². The van der Waals surface area contributed by atoms with Gasteiger partial charge in [-0.1, -0.05) is 6.92 Å². The predicted octanol–water partition coefficient (Wildman–Crippen LogP) is 1.77. The van der Waals surface area contributed by atoms with Crippen molar-refractivity contribution in [1.29, 1.82) is 0 Å². The lowest BCUT2D eigenvalue weighted by atomic mass is 10.1. The number of ether oxygens (including phenoxy) is 1. The molecule has 1 amide bonds. The highest BCUT2D eigenvalue weighted by Gasteiger charge is 2.25. The number of carbonyl (C=O) groups is 1. The molecule has 1 aromatic heterocycles. The third-order valence-electron chi connectivity index (χ3n) is 4.67. The molecule has 1 aliphatic rings. The summed E-state index contributed by atoms with van der Waals surface area (Å²) in [6.45, 7) is 10.7. The Morgan fingerprint density at radius 2 is 2.19 bits per heavy atom. The largest absolute Gasteiger partial charge is 0.496 e. The van der Waals surface area contributed by atoms with Crippen LogP contribution in [0.25, 0.3) is 0 Å². The number of nitrogens with zero attached hydrogens (tertiary/aromatic N) is 3. The van der Waals surface area contributed by atoms with Gasteiger partial charge in [-0.2, -0.15) is 0 Å². The molecule has 1 fully saturated rings. The monoisotopic (exact) mass is 361 g/mol. The Bertz CT molecular complexity index is 660. The Hall–Kier alpha value is -2.31. The molecule has 2 rings (SSSR count). The van der Waals surface area contributed by atoms with Gasteiger partial charge in [0.25, 0.3) is 0 Å². The Morgan fingerprint density at radius 3 is 2.85 bits per heavy atom. The van der Waals surface area contributed by atoms with Crippen LogP contribution in [0.4, 0.5) is 0 Å². The summed E-state index contributed by atoms with van der Waals surface area (Å²) in [5.41, 5.74) is 2.95. The topological polar surface area (TPSA) is 78.9 Å². The van der Waals surface area contributed by atoms with Gasteiger partial charge in [0.15, 0.2) is 5.96 Å². The zero-order valence-corrected chi connectivity index (χ0v) is 16.6. The smallest absolute Gasteiger partial charge is 0.222 e. The number of nitrogens with one attached hydrogen (secondary N) is 2. The molecule has 0 radical (unpaired) electrons.